The van der Waals surface area contributed by atoms with Crippen LogP contribution in [-0.2, 0) is 4.79 Å². The van der Waals surface area contributed by atoms with E-state index in [1.165, 1.54) is 12.5 Å². The molecule has 0 bridgehead atoms. The van der Waals surface area contributed by atoms with Crippen LogP contribution in [0.5, 0.6) is 11.5 Å². The maximum absolute atomic E-state index is 10.9. The SMILES string of the molecule is CCC(C)c1ccc(OC(C)=O)c(OC)c1. The third kappa shape index (κ3) is 2.99. The Bertz CT molecular complexity index is 371. The van der Waals surface area contributed by atoms with Crippen LogP contribution in [0.25, 0.3) is 0 Å². The zero-order valence-corrected chi connectivity index (χ0v) is 10.2. The van der Waals surface area contributed by atoms with Crippen LogP contribution in [0.3, 0.4) is 0 Å². The van der Waals surface area contributed by atoms with Crippen molar-refractivity contribution in [1.29, 1.82) is 0 Å². The third-order valence-electron chi connectivity index (χ3n) is 2.62. The van der Waals surface area contributed by atoms with E-state index in [0.717, 1.165) is 6.42 Å². The lowest BCUT2D eigenvalue weighted by atomic mass is 9.98. The largest absolute Gasteiger partial charge is 0.493 e. The van der Waals surface area contributed by atoms with Gasteiger partial charge in [-0.25, -0.2) is 0 Å². The van der Waals surface area contributed by atoms with Gasteiger partial charge in [0.1, 0.15) is 0 Å². The molecule has 1 rings (SSSR count). The average molecular weight is 222 g/mol. The molecule has 0 saturated heterocycles. The first-order valence-electron chi connectivity index (χ1n) is 5.44. The Labute approximate surface area is 96.4 Å². The van der Waals surface area contributed by atoms with E-state index in [-0.39, 0.29) is 5.97 Å². The molecule has 1 aromatic rings. The smallest absolute Gasteiger partial charge is 0.308 e. The Morgan fingerprint density at radius 3 is 2.56 bits per heavy atom. The maximum atomic E-state index is 10.9. The van der Waals surface area contributed by atoms with E-state index < -0.39 is 0 Å². The maximum Gasteiger partial charge on any atom is 0.308 e. The second-order valence-electron chi connectivity index (χ2n) is 3.81. The molecule has 0 radical (unpaired) electrons. The van der Waals surface area contributed by atoms with Gasteiger partial charge < -0.3 is 9.47 Å². The molecule has 0 aliphatic rings. The van der Waals surface area contributed by atoms with Crippen LogP contribution < -0.4 is 9.47 Å². The Morgan fingerprint density at radius 1 is 1.38 bits per heavy atom. The summed E-state index contributed by atoms with van der Waals surface area (Å²) in [6.07, 6.45) is 1.07. The number of hydrogen-bond acceptors (Lipinski definition) is 3. The quantitative estimate of drug-likeness (QED) is 0.580. The Morgan fingerprint density at radius 2 is 2.06 bits per heavy atom. The van der Waals surface area contributed by atoms with Crippen molar-refractivity contribution in [3.05, 3.63) is 23.8 Å². The summed E-state index contributed by atoms with van der Waals surface area (Å²) >= 11 is 0. The van der Waals surface area contributed by atoms with Gasteiger partial charge in [0, 0.05) is 6.92 Å². The fourth-order valence-electron chi connectivity index (χ4n) is 1.47. The van der Waals surface area contributed by atoms with Gasteiger partial charge in [-0.2, -0.15) is 0 Å². The fraction of sp³-hybridized carbons (Fsp3) is 0.462. The molecule has 0 saturated carbocycles. The standard InChI is InChI=1S/C13H18O3/c1-5-9(2)11-6-7-12(16-10(3)14)13(8-11)15-4/h6-9H,5H2,1-4H3. The molecule has 1 aromatic carbocycles. The minimum atomic E-state index is -0.338. The minimum absolute atomic E-state index is 0.338. The molecular formula is C13H18O3. The molecule has 0 aromatic heterocycles. The van der Waals surface area contributed by atoms with Gasteiger partial charge in [-0.15, -0.1) is 0 Å². The Kier molecular flexibility index (Phi) is 4.35. The minimum Gasteiger partial charge on any atom is -0.493 e. The van der Waals surface area contributed by atoms with Crippen LogP contribution in [0.1, 0.15) is 38.7 Å². The molecule has 0 aliphatic heterocycles. The van der Waals surface area contributed by atoms with Crippen molar-refractivity contribution in [2.75, 3.05) is 7.11 Å². The summed E-state index contributed by atoms with van der Waals surface area (Å²) in [6, 6.07) is 5.67. The van der Waals surface area contributed by atoms with E-state index in [2.05, 4.69) is 13.8 Å². The van der Waals surface area contributed by atoms with Crippen molar-refractivity contribution in [2.24, 2.45) is 0 Å². The molecule has 16 heavy (non-hydrogen) atoms. The zero-order valence-electron chi connectivity index (χ0n) is 10.2. The summed E-state index contributed by atoms with van der Waals surface area (Å²) < 4.78 is 10.2. The predicted molar refractivity (Wildman–Crippen MR) is 63.0 cm³/mol. The highest BCUT2D eigenvalue weighted by Crippen LogP contribution is 2.31. The molecule has 0 spiro atoms. The number of rotatable bonds is 4. The summed E-state index contributed by atoms with van der Waals surface area (Å²) in [6.45, 7) is 5.67. The summed E-state index contributed by atoms with van der Waals surface area (Å²) in [4.78, 5) is 10.9. The molecule has 0 N–H and O–H groups in total. The van der Waals surface area contributed by atoms with Gasteiger partial charge in [0.15, 0.2) is 11.5 Å². The monoisotopic (exact) mass is 222 g/mol. The molecule has 1 atom stereocenters. The highest BCUT2D eigenvalue weighted by atomic mass is 16.6. The van der Waals surface area contributed by atoms with Crippen LogP contribution >= 0.6 is 0 Å². The number of methoxy groups -OCH3 is 1. The second kappa shape index (κ2) is 5.54. The lowest BCUT2D eigenvalue weighted by Gasteiger charge is -2.13. The average Bonchev–Trinajstić information content (AvgIpc) is 2.27. The second-order valence-corrected chi connectivity index (χ2v) is 3.81. The lowest BCUT2D eigenvalue weighted by molar-refractivity contribution is -0.132. The number of carbonyl (C=O) groups excluding carboxylic acids is 1. The molecule has 3 heteroatoms. The summed E-state index contributed by atoms with van der Waals surface area (Å²) in [5.74, 6) is 1.21. The van der Waals surface area contributed by atoms with E-state index >= 15 is 0 Å². The summed E-state index contributed by atoms with van der Waals surface area (Å²) in [5.41, 5.74) is 1.19. The van der Waals surface area contributed by atoms with Crippen LogP contribution in [0.15, 0.2) is 18.2 Å². The predicted octanol–water partition coefficient (Wildman–Crippen LogP) is 3.13. The highest BCUT2D eigenvalue weighted by Gasteiger charge is 2.10. The first-order valence-corrected chi connectivity index (χ1v) is 5.44. The molecular weight excluding hydrogens is 204 g/mol. The van der Waals surface area contributed by atoms with Crippen molar-refractivity contribution in [3.63, 3.8) is 0 Å². The first kappa shape index (κ1) is 12.6. The van der Waals surface area contributed by atoms with Gasteiger partial charge in [-0.3, -0.25) is 4.79 Å². The number of hydrogen-bond donors (Lipinski definition) is 0. The topological polar surface area (TPSA) is 35.5 Å². The van der Waals surface area contributed by atoms with E-state index in [9.17, 15) is 4.79 Å². The van der Waals surface area contributed by atoms with Crippen molar-refractivity contribution < 1.29 is 14.3 Å². The van der Waals surface area contributed by atoms with Gasteiger partial charge in [-0.05, 0) is 30.0 Å². The van der Waals surface area contributed by atoms with Crippen LogP contribution in [0.2, 0.25) is 0 Å². The molecule has 0 amide bonds. The molecule has 3 nitrogen and oxygen atoms in total. The van der Waals surface area contributed by atoms with E-state index in [1.54, 1.807) is 13.2 Å². The van der Waals surface area contributed by atoms with E-state index in [4.69, 9.17) is 9.47 Å². The van der Waals surface area contributed by atoms with Gasteiger partial charge in [0.25, 0.3) is 0 Å². The van der Waals surface area contributed by atoms with Crippen molar-refractivity contribution in [1.82, 2.24) is 0 Å². The Hall–Kier alpha value is -1.51. The third-order valence-corrected chi connectivity index (χ3v) is 2.62. The molecule has 0 fully saturated rings. The normalized spacial score (nSPS) is 12.0. The number of ether oxygens (including phenoxy) is 2. The lowest BCUT2D eigenvalue weighted by Crippen LogP contribution is -2.03. The fourth-order valence-corrected chi connectivity index (χ4v) is 1.47. The van der Waals surface area contributed by atoms with Crippen molar-refractivity contribution in [2.45, 2.75) is 33.1 Å². The highest BCUT2D eigenvalue weighted by molar-refractivity contribution is 5.70. The van der Waals surface area contributed by atoms with Crippen molar-refractivity contribution >= 4 is 5.97 Å². The zero-order chi connectivity index (χ0) is 12.1. The number of benzene rings is 1. The van der Waals surface area contributed by atoms with E-state index in [0.29, 0.717) is 17.4 Å². The Balaban J connectivity index is 3.01. The molecule has 0 aliphatic carbocycles. The molecule has 88 valence electrons. The van der Waals surface area contributed by atoms with Crippen LogP contribution in [0.4, 0.5) is 0 Å². The van der Waals surface area contributed by atoms with Gasteiger partial charge in [0.2, 0.25) is 0 Å². The first-order chi connectivity index (χ1) is 7.58. The molecule has 1 unspecified atom stereocenters. The summed E-state index contributed by atoms with van der Waals surface area (Å²) in [5, 5.41) is 0. The van der Waals surface area contributed by atoms with Gasteiger partial charge in [0.05, 0.1) is 7.11 Å². The number of carbonyl (C=O) groups is 1. The van der Waals surface area contributed by atoms with Crippen LogP contribution in [0, 0.1) is 0 Å². The van der Waals surface area contributed by atoms with Crippen LogP contribution in [-0.4, -0.2) is 13.1 Å². The molecule has 0 heterocycles. The van der Waals surface area contributed by atoms with E-state index in [1.807, 2.05) is 12.1 Å². The summed E-state index contributed by atoms with van der Waals surface area (Å²) in [7, 11) is 1.57. The van der Waals surface area contributed by atoms with Crippen molar-refractivity contribution in [3.8, 4) is 11.5 Å². The number of esters is 1. The van der Waals surface area contributed by atoms with Gasteiger partial charge >= 0.3 is 5.97 Å². The van der Waals surface area contributed by atoms with Gasteiger partial charge in [-0.1, -0.05) is 19.9 Å².